The standard InChI is InChI=1S/C47H59N15O8/c1-6-61-34(19-28(3)55-61)43(66)53-45-51-32-21-30(41(48)64)23-36(68-5)39(32)59(45)14-8-9-15-60-40-33(52-46(60)54-44(67)35-20-29(4)56-62(35)7-2)22-31(42(49)65)24-37(40)69-18-10-13-57-16-11-47(26-57)12-17-58(27-47)38(63)25-70-50/h8-9,19-24H,6-7,10-18,25-27,50H2,1-5H3,(H2,48,64)(H2,49,65)(H,51,53,66)(H,52,54,67)/b9-8+. The van der Waals surface area contributed by atoms with Gasteiger partial charge in [-0.2, -0.15) is 10.2 Å². The van der Waals surface area contributed by atoms with E-state index in [1.54, 1.807) is 56.6 Å². The van der Waals surface area contributed by atoms with E-state index in [-0.39, 0.29) is 60.6 Å². The summed E-state index contributed by atoms with van der Waals surface area (Å²) in [6, 6.07) is 9.57. The Labute approximate surface area is 402 Å². The Hall–Kier alpha value is -7.63. The first-order valence-electron chi connectivity index (χ1n) is 23.2. The number of nitrogens with one attached hydrogen (secondary N) is 2. The molecule has 2 fully saturated rings. The fraction of sp³-hybridized carbons (Fsp3) is 0.426. The molecule has 0 bridgehead atoms. The summed E-state index contributed by atoms with van der Waals surface area (Å²) in [5, 5.41) is 14.7. The van der Waals surface area contributed by atoms with Crippen LogP contribution in [0.1, 0.15) is 86.2 Å². The summed E-state index contributed by atoms with van der Waals surface area (Å²) >= 11 is 0. The molecular weight excluding hydrogens is 903 g/mol. The lowest BCUT2D eigenvalue weighted by Gasteiger charge is -2.24. The third-order valence-corrected chi connectivity index (χ3v) is 12.9. The average Bonchev–Trinajstić information content (AvgIpc) is 4.21. The Balaban J connectivity index is 1.09. The summed E-state index contributed by atoms with van der Waals surface area (Å²) in [6.07, 6.45) is 6.25. The molecule has 70 heavy (non-hydrogen) atoms. The Kier molecular flexibility index (Phi) is 14.3. The number of imidazole rings is 2. The zero-order valence-electron chi connectivity index (χ0n) is 40.0. The van der Waals surface area contributed by atoms with Gasteiger partial charge in [-0.05, 0) is 89.9 Å². The van der Waals surface area contributed by atoms with Gasteiger partial charge in [-0.3, -0.25) is 48.8 Å². The Bertz CT molecular complexity index is 3020. The molecule has 4 aromatic heterocycles. The molecule has 0 aliphatic carbocycles. The summed E-state index contributed by atoms with van der Waals surface area (Å²) in [5.74, 6) is 3.80. The number of aromatic nitrogens is 8. The van der Waals surface area contributed by atoms with Gasteiger partial charge in [0.2, 0.25) is 23.7 Å². The van der Waals surface area contributed by atoms with E-state index in [1.807, 2.05) is 30.9 Å². The van der Waals surface area contributed by atoms with Crippen molar-refractivity contribution in [3.05, 3.63) is 82.5 Å². The quantitative estimate of drug-likeness (QED) is 0.0418. The number of amides is 5. The number of primary amides is 2. The highest BCUT2D eigenvalue weighted by molar-refractivity contribution is 6.05. The summed E-state index contributed by atoms with van der Waals surface area (Å²) in [4.78, 5) is 83.5. The van der Waals surface area contributed by atoms with Gasteiger partial charge in [-0.1, -0.05) is 12.2 Å². The second-order valence-electron chi connectivity index (χ2n) is 17.7. The van der Waals surface area contributed by atoms with Gasteiger partial charge in [-0.15, -0.1) is 0 Å². The number of hydrogen-bond acceptors (Lipinski definition) is 14. The molecule has 2 saturated heterocycles. The van der Waals surface area contributed by atoms with Crippen molar-refractivity contribution in [2.24, 2.45) is 22.8 Å². The fourth-order valence-electron chi connectivity index (χ4n) is 9.52. The molecule has 1 spiro atoms. The molecule has 6 aromatic rings. The van der Waals surface area contributed by atoms with E-state index in [0.29, 0.717) is 88.9 Å². The van der Waals surface area contributed by atoms with Gasteiger partial charge in [0.15, 0.2) is 0 Å². The summed E-state index contributed by atoms with van der Waals surface area (Å²) in [5.41, 5.74) is 15.6. The number of anilines is 2. The third-order valence-electron chi connectivity index (χ3n) is 12.9. The highest BCUT2D eigenvalue weighted by Crippen LogP contribution is 2.40. The molecule has 23 nitrogen and oxygen atoms in total. The number of methoxy groups -OCH3 is 1. The fourth-order valence-corrected chi connectivity index (χ4v) is 9.52. The molecule has 0 saturated carbocycles. The lowest BCUT2D eigenvalue weighted by molar-refractivity contribution is -0.135. The van der Waals surface area contributed by atoms with Crippen molar-refractivity contribution in [1.29, 1.82) is 0 Å². The van der Waals surface area contributed by atoms with Gasteiger partial charge >= 0.3 is 0 Å². The van der Waals surface area contributed by atoms with Crippen LogP contribution < -0.4 is 37.5 Å². The van der Waals surface area contributed by atoms with E-state index in [0.717, 1.165) is 32.5 Å². The predicted octanol–water partition coefficient (Wildman–Crippen LogP) is 2.99. The largest absolute Gasteiger partial charge is 0.494 e. The first-order valence-corrected chi connectivity index (χ1v) is 23.2. The lowest BCUT2D eigenvalue weighted by atomic mass is 9.86. The number of ether oxygens (including phenoxy) is 2. The molecule has 2 aliphatic heterocycles. The molecule has 5 amide bonds. The van der Waals surface area contributed by atoms with Gasteiger partial charge in [-0.25, -0.2) is 15.9 Å². The van der Waals surface area contributed by atoms with E-state index in [4.69, 9.17) is 36.8 Å². The normalized spacial score (nSPS) is 16.1. The molecule has 2 aromatic carbocycles. The van der Waals surface area contributed by atoms with Crippen LogP contribution in [0.2, 0.25) is 0 Å². The number of carbonyl (C=O) groups is 5. The van der Waals surface area contributed by atoms with Crippen LogP contribution in [0.4, 0.5) is 11.9 Å². The molecule has 2 aliphatic rings. The van der Waals surface area contributed by atoms with Crippen LogP contribution in [-0.2, 0) is 35.8 Å². The van der Waals surface area contributed by atoms with Crippen molar-refractivity contribution >= 4 is 63.5 Å². The van der Waals surface area contributed by atoms with Crippen LogP contribution in [0.3, 0.4) is 0 Å². The molecule has 1 atom stereocenters. The van der Waals surface area contributed by atoms with Gasteiger partial charge in [0.25, 0.3) is 17.7 Å². The average molecular weight is 962 g/mol. The number of hydrogen-bond donors (Lipinski definition) is 5. The van der Waals surface area contributed by atoms with Crippen LogP contribution in [0.15, 0.2) is 48.6 Å². The van der Waals surface area contributed by atoms with Crippen LogP contribution in [0.5, 0.6) is 11.5 Å². The van der Waals surface area contributed by atoms with Gasteiger partial charge in [0.05, 0.1) is 36.1 Å². The summed E-state index contributed by atoms with van der Waals surface area (Å²) < 4.78 is 18.9. The number of rotatable bonds is 20. The van der Waals surface area contributed by atoms with Crippen molar-refractivity contribution in [3.8, 4) is 11.5 Å². The molecule has 8 rings (SSSR count). The molecule has 0 radical (unpaired) electrons. The minimum Gasteiger partial charge on any atom is -0.494 e. The number of fused-ring (bicyclic) bond motifs is 2. The molecule has 6 heterocycles. The highest BCUT2D eigenvalue weighted by atomic mass is 16.6. The van der Waals surface area contributed by atoms with Gasteiger partial charge in [0.1, 0.15) is 40.5 Å². The van der Waals surface area contributed by atoms with Crippen molar-refractivity contribution in [3.63, 3.8) is 0 Å². The number of allylic oxidation sites excluding steroid dienone is 2. The lowest BCUT2D eigenvalue weighted by Crippen LogP contribution is -2.36. The number of aryl methyl sites for hydroxylation is 4. The molecule has 1 unspecified atom stereocenters. The third kappa shape index (κ3) is 10.1. The maximum Gasteiger partial charge on any atom is 0.276 e. The van der Waals surface area contributed by atoms with Gasteiger partial charge < -0.3 is 39.9 Å². The van der Waals surface area contributed by atoms with Crippen molar-refractivity contribution in [1.82, 2.24) is 48.5 Å². The monoisotopic (exact) mass is 961 g/mol. The van der Waals surface area contributed by atoms with E-state index in [2.05, 4.69) is 30.6 Å². The second kappa shape index (κ2) is 20.5. The van der Waals surface area contributed by atoms with E-state index < -0.39 is 23.6 Å². The van der Waals surface area contributed by atoms with Crippen LogP contribution >= 0.6 is 0 Å². The predicted molar refractivity (Wildman–Crippen MR) is 258 cm³/mol. The van der Waals surface area contributed by atoms with Crippen LogP contribution in [0.25, 0.3) is 22.1 Å². The molecule has 8 N–H and O–H groups in total. The van der Waals surface area contributed by atoms with Crippen molar-refractivity contribution in [2.75, 3.05) is 63.7 Å². The van der Waals surface area contributed by atoms with E-state index in [9.17, 15) is 24.0 Å². The first kappa shape index (κ1) is 48.8. The highest BCUT2D eigenvalue weighted by Gasteiger charge is 2.44. The molecular formula is C47H59N15O8. The molecule has 370 valence electrons. The van der Waals surface area contributed by atoms with E-state index in [1.165, 1.54) is 19.2 Å². The number of carbonyl (C=O) groups excluding carboxylic acids is 5. The first-order chi connectivity index (χ1) is 33.6. The van der Waals surface area contributed by atoms with Crippen molar-refractivity contribution in [2.45, 2.75) is 73.1 Å². The maximum absolute atomic E-state index is 13.9. The van der Waals surface area contributed by atoms with Gasteiger partial charge in [0, 0.05) is 68.9 Å². The SMILES string of the molecule is CCn1nc(C)cc1C(=O)Nc1nc2cc(C(N)=O)cc(OC)c2n1C/C=C/Cn1c(NC(=O)c2cc(C)nn2CC)nc2cc(C(N)=O)cc(OCCCN3CCC4(CCN(C(=O)CON)C4)C3)c21. The number of nitrogens with two attached hydrogens (primary N) is 3. The minimum atomic E-state index is -0.679. The smallest absolute Gasteiger partial charge is 0.276 e. The Morgan fingerprint density at radius 1 is 0.743 bits per heavy atom. The molecule has 23 heteroatoms. The maximum atomic E-state index is 13.9. The van der Waals surface area contributed by atoms with Crippen molar-refractivity contribution < 1.29 is 38.3 Å². The number of benzene rings is 2. The summed E-state index contributed by atoms with van der Waals surface area (Å²) in [6.45, 7) is 12.6. The zero-order chi connectivity index (χ0) is 49.9. The Morgan fingerprint density at radius 2 is 1.27 bits per heavy atom. The summed E-state index contributed by atoms with van der Waals surface area (Å²) in [7, 11) is 1.46. The minimum absolute atomic E-state index is 0.0287. The number of nitrogens with zero attached hydrogens (tertiary/aromatic N) is 10. The zero-order valence-corrected chi connectivity index (χ0v) is 40.0. The van der Waals surface area contributed by atoms with Crippen LogP contribution in [0, 0.1) is 19.3 Å². The topological polar surface area (TPSA) is 293 Å². The van der Waals surface area contributed by atoms with E-state index >= 15 is 0 Å². The number of likely N-dealkylation sites (tertiary alicyclic amines) is 2. The Morgan fingerprint density at radius 3 is 1.79 bits per heavy atom. The van der Waals surface area contributed by atoms with Crippen LogP contribution in [-0.4, -0.2) is 131 Å². The second-order valence-corrected chi connectivity index (χ2v) is 17.7.